The summed E-state index contributed by atoms with van der Waals surface area (Å²) in [5.41, 5.74) is -0.505. The maximum atomic E-state index is 11.8. The number of aliphatic hydroxyl groups is 1. The van der Waals surface area contributed by atoms with E-state index in [1.165, 1.54) is 14.0 Å². The molecule has 0 spiro atoms. The maximum Gasteiger partial charge on any atom is 0.215 e. The Morgan fingerprint density at radius 2 is 1.94 bits per heavy atom. The highest BCUT2D eigenvalue weighted by atomic mass is 32.2. The van der Waals surface area contributed by atoms with Crippen LogP contribution >= 0.6 is 0 Å². The molecule has 1 unspecified atom stereocenters. The summed E-state index contributed by atoms with van der Waals surface area (Å²) in [4.78, 5) is 0. The van der Waals surface area contributed by atoms with Gasteiger partial charge in [0.15, 0.2) is 0 Å². The number of sulfonamides is 1. The molecule has 0 heterocycles. The zero-order chi connectivity index (χ0) is 13.6. The second-order valence-electron chi connectivity index (χ2n) is 4.50. The van der Waals surface area contributed by atoms with Crippen LogP contribution in [0.4, 0.5) is 0 Å². The van der Waals surface area contributed by atoms with Crippen molar-refractivity contribution in [2.75, 3.05) is 20.3 Å². The molecular formula is C12H19NO4S. The number of benzene rings is 1. The molecule has 0 aliphatic rings. The summed E-state index contributed by atoms with van der Waals surface area (Å²) in [6.07, 6.45) is 0. The van der Waals surface area contributed by atoms with Gasteiger partial charge in [0, 0.05) is 13.7 Å². The second-order valence-corrected chi connectivity index (χ2v) is 6.30. The van der Waals surface area contributed by atoms with E-state index in [9.17, 15) is 13.5 Å². The predicted molar refractivity (Wildman–Crippen MR) is 69.6 cm³/mol. The molecule has 1 aromatic rings. The van der Waals surface area contributed by atoms with Crippen LogP contribution in [-0.2, 0) is 20.5 Å². The Bertz CT molecular complexity index is 456. The Balaban J connectivity index is 2.56. The first-order valence-corrected chi connectivity index (χ1v) is 7.22. The molecule has 0 aromatic heterocycles. The van der Waals surface area contributed by atoms with Crippen LogP contribution in [0.3, 0.4) is 0 Å². The molecule has 0 aliphatic heterocycles. The first-order chi connectivity index (χ1) is 8.35. The summed E-state index contributed by atoms with van der Waals surface area (Å²) in [5, 5.41) is 9.79. The smallest absolute Gasteiger partial charge is 0.215 e. The van der Waals surface area contributed by atoms with Gasteiger partial charge in [0.2, 0.25) is 10.0 Å². The van der Waals surface area contributed by atoms with Gasteiger partial charge in [0.05, 0.1) is 18.0 Å². The Morgan fingerprint density at radius 1 is 1.33 bits per heavy atom. The molecule has 2 N–H and O–H groups in total. The van der Waals surface area contributed by atoms with Crippen molar-refractivity contribution in [1.82, 2.24) is 4.72 Å². The number of nitrogens with one attached hydrogen (secondary N) is 1. The van der Waals surface area contributed by atoms with Gasteiger partial charge in [0.25, 0.3) is 0 Å². The van der Waals surface area contributed by atoms with E-state index in [0.29, 0.717) is 5.56 Å². The van der Waals surface area contributed by atoms with E-state index in [1.807, 2.05) is 6.07 Å². The highest BCUT2D eigenvalue weighted by molar-refractivity contribution is 7.88. The monoisotopic (exact) mass is 273 g/mol. The van der Waals surface area contributed by atoms with Crippen LogP contribution in [0.25, 0.3) is 0 Å². The Hall–Kier alpha value is -0.950. The average Bonchev–Trinajstić information content (AvgIpc) is 2.28. The van der Waals surface area contributed by atoms with Gasteiger partial charge in [0.1, 0.15) is 0 Å². The van der Waals surface area contributed by atoms with E-state index in [2.05, 4.69) is 4.72 Å². The fourth-order valence-corrected chi connectivity index (χ4v) is 2.74. The van der Waals surface area contributed by atoms with Crippen molar-refractivity contribution in [3.63, 3.8) is 0 Å². The Morgan fingerprint density at radius 3 is 2.50 bits per heavy atom. The highest BCUT2D eigenvalue weighted by Gasteiger charge is 2.23. The van der Waals surface area contributed by atoms with Gasteiger partial charge in [-0.05, 0) is 12.5 Å². The number of hydrogen-bond acceptors (Lipinski definition) is 4. The zero-order valence-corrected chi connectivity index (χ0v) is 11.4. The fourth-order valence-electron chi connectivity index (χ4n) is 1.47. The molecule has 5 nitrogen and oxygen atoms in total. The van der Waals surface area contributed by atoms with Crippen LogP contribution in [0.2, 0.25) is 0 Å². The fraction of sp³-hybridized carbons (Fsp3) is 0.500. The standard InChI is InChI=1S/C12H19NO4S/c1-12(14,10-17-2)9-13-18(15,16)8-11-6-4-3-5-7-11/h3-7,13-14H,8-10H2,1-2H3. The lowest BCUT2D eigenvalue weighted by atomic mass is 10.1. The van der Waals surface area contributed by atoms with Crippen molar-refractivity contribution in [2.24, 2.45) is 0 Å². The minimum Gasteiger partial charge on any atom is -0.386 e. The summed E-state index contributed by atoms with van der Waals surface area (Å²) in [6, 6.07) is 8.88. The topological polar surface area (TPSA) is 75.6 Å². The maximum absolute atomic E-state index is 11.8. The van der Waals surface area contributed by atoms with Gasteiger partial charge in [-0.3, -0.25) is 0 Å². The average molecular weight is 273 g/mol. The van der Waals surface area contributed by atoms with Crippen LogP contribution in [0.1, 0.15) is 12.5 Å². The summed E-state index contributed by atoms with van der Waals surface area (Å²) in [6.45, 7) is 1.51. The van der Waals surface area contributed by atoms with E-state index < -0.39 is 15.6 Å². The third-order valence-electron chi connectivity index (χ3n) is 2.33. The summed E-state index contributed by atoms with van der Waals surface area (Å²) >= 11 is 0. The minimum atomic E-state index is -3.45. The number of hydrogen-bond donors (Lipinski definition) is 2. The van der Waals surface area contributed by atoms with E-state index >= 15 is 0 Å². The Kier molecular flexibility index (Phi) is 5.28. The van der Waals surface area contributed by atoms with Gasteiger partial charge in [-0.15, -0.1) is 0 Å². The van der Waals surface area contributed by atoms with E-state index in [0.717, 1.165) is 0 Å². The van der Waals surface area contributed by atoms with E-state index in [4.69, 9.17) is 4.74 Å². The van der Waals surface area contributed by atoms with Gasteiger partial charge in [-0.2, -0.15) is 0 Å². The third-order valence-corrected chi connectivity index (χ3v) is 3.63. The van der Waals surface area contributed by atoms with Crippen molar-refractivity contribution < 1.29 is 18.3 Å². The molecule has 6 heteroatoms. The van der Waals surface area contributed by atoms with Crippen molar-refractivity contribution in [3.8, 4) is 0 Å². The minimum absolute atomic E-state index is 0.0703. The van der Waals surface area contributed by atoms with E-state index in [1.54, 1.807) is 24.3 Å². The summed E-state index contributed by atoms with van der Waals surface area (Å²) < 4.78 is 30.8. The van der Waals surface area contributed by atoms with Gasteiger partial charge < -0.3 is 9.84 Å². The third kappa shape index (κ3) is 5.59. The lowest BCUT2D eigenvalue weighted by Gasteiger charge is -2.22. The molecule has 18 heavy (non-hydrogen) atoms. The largest absolute Gasteiger partial charge is 0.386 e. The van der Waals surface area contributed by atoms with Gasteiger partial charge >= 0.3 is 0 Å². The van der Waals surface area contributed by atoms with Gasteiger partial charge in [-0.25, -0.2) is 13.1 Å². The van der Waals surface area contributed by atoms with Crippen molar-refractivity contribution in [3.05, 3.63) is 35.9 Å². The van der Waals surface area contributed by atoms with Crippen LogP contribution < -0.4 is 4.72 Å². The van der Waals surface area contributed by atoms with Crippen molar-refractivity contribution >= 4 is 10.0 Å². The number of ether oxygens (including phenoxy) is 1. The lowest BCUT2D eigenvalue weighted by Crippen LogP contribution is -2.44. The van der Waals surface area contributed by atoms with Crippen molar-refractivity contribution in [2.45, 2.75) is 18.3 Å². The SMILES string of the molecule is COCC(C)(O)CNS(=O)(=O)Cc1ccccc1. The quantitative estimate of drug-likeness (QED) is 0.758. The van der Waals surface area contributed by atoms with Crippen LogP contribution in [0.5, 0.6) is 0 Å². The Labute approximate surface area is 108 Å². The molecule has 1 rings (SSSR count). The molecule has 0 aliphatic carbocycles. The molecule has 0 radical (unpaired) electrons. The zero-order valence-electron chi connectivity index (χ0n) is 10.6. The molecule has 0 bridgehead atoms. The summed E-state index contributed by atoms with van der Waals surface area (Å²) in [7, 11) is -2.00. The molecule has 0 fully saturated rings. The molecule has 1 aromatic carbocycles. The lowest BCUT2D eigenvalue weighted by molar-refractivity contribution is -0.0120. The van der Waals surface area contributed by atoms with Gasteiger partial charge in [-0.1, -0.05) is 30.3 Å². The first-order valence-electron chi connectivity index (χ1n) is 5.57. The van der Waals surface area contributed by atoms with E-state index in [-0.39, 0.29) is 18.9 Å². The first kappa shape index (κ1) is 15.1. The normalized spacial score (nSPS) is 15.3. The van der Waals surface area contributed by atoms with Crippen LogP contribution in [-0.4, -0.2) is 39.4 Å². The number of rotatable bonds is 7. The highest BCUT2D eigenvalue weighted by Crippen LogP contribution is 2.06. The molecule has 0 amide bonds. The molecular weight excluding hydrogens is 254 g/mol. The van der Waals surface area contributed by atoms with Crippen molar-refractivity contribution in [1.29, 1.82) is 0 Å². The molecule has 0 saturated heterocycles. The molecule has 1 atom stereocenters. The number of methoxy groups -OCH3 is 1. The summed E-state index contributed by atoms with van der Waals surface area (Å²) in [5.74, 6) is -0.100. The molecule has 102 valence electrons. The second kappa shape index (κ2) is 6.29. The predicted octanol–water partition coefficient (Wildman–Crippen LogP) is 0.503. The molecule has 0 saturated carbocycles. The van der Waals surface area contributed by atoms with Crippen LogP contribution in [0.15, 0.2) is 30.3 Å². The van der Waals surface area contributed by atoms with Crippen LogP contribution in [0, 0.1) is 0 Å².